The number of aryl methyl sites for hydroxylation is 4. The molecule has 148 valence electrons. The summed E-state index contributed by atoms with van der Waals surface area (Å²) in [6.45, 7) is 8.40. The van der Waals surface area contributed by atoms with E-state index in [2.05, 4.69) is 67.7 Å². The number of benzene rings is 2. The Morgan fingerprint density at radius 2 is 1.66 bits per heavy atom. The van der Waals surface area contributed by atoms with Crippen LogP contribution >= 0.6 is 0 Å². The van der Waals surface area contributed by atoms with E-state index in [-0.39, 0.29) is 0 Å². The summed E-state index contributed by atoms with van der Waals surface area (Å²) in [5, 5.41) is 8.33. The summed E-state index contributed by atoms with van der Waals surface area (Å²) in [4.78, 5) is 4.81. The third-order valence-corrected chi connectivity index (χ3v) is 5.28. The first-order valence-electron chi connectivity index (χ1n) is 10.3. The van der Waals surface area contributed by atoms with Gasteiger partial charge in [-0.05, 0) is 56.9 Å². The van der Waals surface area contributed by atoms with Crippen LogP contribution < -0.4 is 5.32 Å². The number of unbranched alkanes of at least 4 members (excludes halogenated alkanes) is 1. The first-order chi connectivity index (χ1) is 14.0. The van der Waals surface area contributed by atoms with E-state index in [1.54, 1.807) is 0 Å². The van der Waals surface area contributed by atoms with E-state index in [0.29, 0.717) is 0 Å². The van der Waals surface area contributed by atoms with Gasteiger partial charge in [0.15, 0.2) is 5.65 Å². The number of rotatable bonds is 6. The number of hydrogen-bond donors (Lipinski definition) is 1. The van der Waals surface area contributed by atoms with Crippen LogP contribution in [0.1, 0.15) is 42.3 Å². The van der Waals surface area contributed by atoms with E-state index >= 15 is 0 Å². The Labute approximate surface area is 172 Å². The lowest BCUT2D eigenvalue weighted by Gasteiger charge is -2.10. The second-order valence-corrected chi connectivity index (χ2v) is 7.77. The smallest absolute Gasteiger partial charge is 0.165 e. The van der Waals surface area contributed by atoms with E-state index in [9.17, 15) is 0 Å². The quantitative estimate of drug-likeness (QED) is 0.418. The van der Waals surface area contributed by atoms with Gasteiger partial charge in [-0.3, -0.25) is 0 Å². The summed E-state index contributed by atoms with van der Waals surface area (Å²) < 4.78 is 1.92. The Morgan fingerprint density at radius 3 is 2.34 bits per heavy atom. The SMILES string of the molecule is CCCCc1ccc(Nc2cc(C)nc3c(-c4ccc(C)cc4)c(C)nn23)cc1. The summed E-state index contributed by atoms with van der Waals surface area (Å²) in [6.07, 6.45) is 3.58. The van der Waals surface area contributed by atoms with E-state index in [1.165, 1.54) is 24.0 Å². The van der Waals surface area contributed by atoms with Gasteiger partial charge in [-0.1, -0.05) is 55.3 Å². The first-order valence-corrected chi connectivity index (χ1v) is 10.3. The molecule has 0 aliphatic rings. The highest BCUT2D eigenvalue weighted by Gasteiger charge is 2.16. The average molecular weight is 385 g/mol. The molecule has 2 aromatic carbocycles. The molecule has 0 saturated carbocycles. The maximum Gasteiger partial charge on any atom is 0.165 e. The minimum absolute atomic E-state index is 0.883. The van der Waals surface area contributed by atoms with Crippen molar-refractivity contribution in [3.05, 3.63) is 77.1 Å². The second-order valence-electron chi connectivity index (χ2n) is 7.77. The Balaban J connectivity index is 1.72. The molecule has 0 amide bonds. The molecule has 0 unspecified atom stereocenters. The van der Waals surface area contributed by atoms with E-state index in [0.717, 1.165) is 46.1 Å². The average Bonchev–Trinajstić information content (AvgIpc) is 3.04. The molecule has 1 N–H and O–H groups in total. The number of fused-ring (bicyclic) bond motifs is 1. The highest BCUT2D eigenvalue weighted by atomic mass is 15.3. The molecule has 0 aliphatic carbocycles. The molecule has 29 heavy (non-hydrogen) atoms. The van der Waals surface area contributed by atoms with Gasteiger partial charge in [-0.15, -0.1) is 0 Å². The van der Waals surface area contributed by atoms with Gasteiger partial charge in [0.05, 0.1) is 5.69 Å². The lowest BCUT2D eigenvalue weighted by Crippen LogP contribution is -2.02. The fourth-order valence-corrected chi connectivity index (χ4v) is 3.68. The van der Waals surface area contributed by atoms with Gasteiger partial charge in [-0.2, -0.15) is 9.61 Å². The molecular weight excluding hydrogens is 356 g/mol. The number of nitrogens with one attached hydrogen (secondary N) is 1. The van der Waals surface area contributed by atoms with Gasteiger partial charge in [0.1, 0.15) is 5.82 Å². The van der Waals surface area contributed by atoms with Gasteiger partial charge >= 0.3 is 0 Å². The number of aromatic nitrogens is 3. The number of hydrogen-bond acceptors (Lipinski definition) is 3. The van der Waals surface area contributed by atoms with Gasteiger partial charge in [0, 0.05) is 23.0 Å². The zero-order valence-electron chi connectivity index (χ0n) is 17.7. The Hall–Kier alpha value is -3.14. The molecule has 0 aliphatic heterocycles. The zero-order valence-corrected chi connectivity index (χ0v) is 17.7. The second kappa shape index (κ2) is 8.08. The molecule has 4 rings (SSSR count). The Kier molecular flexibility index (Phi) is 5.34. The minimum atomic E-state index is 0.883. The summed E-state index contributed by atoms with van der Waals surface area (Å²) in [7, 11) is 0. The lowest BCUT2D eigenvalue weighted by molar-refractivity contribution is 0.795. The molecule has 0 saturated heterocycles. The third kappa shape index (κ3) is 4.02. The zero-order chi connectivity index (χ0) is 20.4. The van der Waals surface area contributed by atoms with Crippen molar-refractivity contribution in [3.63, 3.8) is 0 Å². The Morgan fingerprint density at radius 1 is 0.931 bits per heavy atom. The monoisotopic (exact) mass is 384 g/mol. The highest BCUT2D eigenvalue weighted by Crippen LogP contribution is 2.30. The van der Waals surface area contributed by atoms with Crippen LogP contribution in [0, 0.1) is 20.8 Å². The predicted molar refractivity (Wildman–Crippen MR) is 121 cm³/mol. The van der Waals surface area contributed by atoms with E-state index in [4.69, 9.17) is 10.1 Å². The van der Waals surface area contributed by atoms with Gasteiger partial charge in [0.2, 0.25) is 0 Å². The normalized spacial score (nSPS) is 11.2. The minimum Gasteiger partial charge on any atom is -0.340 e. The van der Waals surface area contributed by atoms with Crippen molar-refractivity contribution < 1.29 is 0 Å². The van der Waals surface area contributed by atoms with Crippen LogP contribution in [0.4, 0.5) is 11.5 Å². The van der Waals surface area contributed by atoms with Crippen LogP contribution in [0.3, 0.4) is 0 Å². The predicted octanol–water partition coefficient (Wildman–Crippen LogP) is 6.41. The molecule has 0 atom stereocenters. The highest BCUT2D eigenvalue weighted by molar-refractivity contribution is 5.81. The fourth-order valence-electron chi connectivity index (χ4n) is 3.68. The van der Waals surface area contributed by atoms with Crippen LogP contribution in [0.25, 0.3) is 16.8 Å². The molecule has 0 fully saturated rings. The Bertz CT molecular complexity index is 1120. The lowest BCUT2D eigenvalue weighted by atomic mass is 10.0. The van der Waals surface area contributed by atoms with Crippen molar-refractivity contribution >= 4 is 17.2 Å². The maximum atomic E-state index is 4.81. The van der Waals surface area contributed by atoms with Gasteiger partial charge in [-0.25, -0.2) is 4.98 Å². The van der Waals surface area contributed by atoms with Crippen LogP contribution in [-0.2, 0) is 6.42 Å². The van der Waals surface area contributed by atoms with E-state index in [1.807, 2.05) is 24.4 Å². The van der Waals surface area contributed by atoms with Crippen LogP contribution in [0.5, 0.6) is 0 Å². The summed E-state index contributed by atoms with van der Waals surface area (Å²) in [5.41, 5.74) is 8.74. The third-order valence-electron chi connectivity index (χ3n) is 5.28. The van der Waals surface area contributed by atoms with Crippen LogP contribution in [-0.4, -0.2) is 14.6 Å². The van der Waals surface area contributed by atoms with Crippen LogP contribution in [0.2, 0.25) is 0 Å². The van der Waals surface area contributed by atoms with Crippen molar-refractivity contribution in [2.75, 3.05) is 5.32 Å². The number of nitrogens with zero attached hydrogens (tertiary/aromatic N) is 3. The largest absolute Gasteiger partial charge is 0.340 e. The van der Waals surface area contributed by atoms with Crippen molar-refractivity contribution in [3.8, 4) is 11.1 Å². The number of anilines is 2. The van der Waals surface area contributed by atoms with Crippen molar-refractivity contribution in [2.45, 2.75) is 47.0 Å². The molecule has 0 radical (unpaired) electrons. The molecule has 0 spiro atoms. The van der Waals surface area contributed by atoms with E-state index < -0.39 is 0 Å². The molecular formula is C25H28N4. The first kappa shape index (κ1) is 19.2. The van der Waals surface area contributed by atoms with Crippen molar-refractivity contribution in [1.29, 1.82) is 0 Å². The fraction of sp³-hybridized carbons (Fsp3) is 0.280. The molecule has 4 aromatic rings. The van der Waals surface area contributed by atoms with Crippen LogP contribution in [0.15, 0.2) is 54.6 Å². The maximum absolute atomic E-state index is 4.81. The topological polar surface area (TPSA) is 42.2 Å². The molecule has 4 heteroatoms. The summed E-state index contributed by atoms with van der Waals surface area (Å²) in [5.74, 6) is 0.926. The molecule has 2 aromatic heterocycles. The van der Waals surface area contributed by atoms with Crippen molar-refractivity contribution in [2.24, 2.45) is 0 Å². The van der Waals surface area contributed by atoms with Gasteiger partial charge < -0.3 is 5.32 Å². The standard InChI is InChI=1S/C25H28N4/c1-5-6-7-20-10-14-22(15-11-20)27-23-16-18(3)26-25-24(19(4)28-29(23)25)21-12-8-17(2)9-13-21/h8-16,27H,5-7H2,1-4H3. The molecule has 2 heterocycles. The molecule has 4 nitrogen and oxygen atoms in total. The summed E-state index contributed by atoms with van der Waals surface area (Å²) in [6, 6.07) is 19.3. The molecule has 0 bridgehead atoms. The van der Waals surface area contributed by atoms with Gasteiger partial charge in [0.25, 0.3) is 0 Å². The summed E-state index contributed by atoms with van der Waals surface area (Å²) >= 11 is 0. The van der Waals surface area contributed by atoms with Crippen molar-refractivity contribution in [1.82, 2.24) is 14.6 Å².